The van der Waals surface area contributed by atoms with Gasteiger partial charge in [0.15, 0.2) is 0 Å². The monoisotopic (exact) mass is 497 g/mol. The molecule has 8 heteroatoms. The number of unbranched alkanes of at least 4 members (excludes halogenated alkanes) is 13. The first-order chi connectivity index (χ1) is 15.6. The average molecular weight is 498 g/mol. The molecule has 0 spiro atoms. The Balaban J connectivity index is 3.54. The summed E-state index contributed by atoms with van der Waals surface area (Å²) >= 11 is 1.83. The van der Waals surface area contributed by atoms with E-state index in [1.807, 2.05) is 18.7 Å². The molecule has 0 aliphatic heterocycles. The van der Waals surface area contributed by atoms with Gasteiger partial charge in [-0.3, -0.25) is 9.05 Å². The maximum atomic E-state index is 11.8. The highest BCUT2D eigenvalue weighted by molar-refractivity contribution is 7.99. The van der Waals surface area contributed by atoms with E-state index in [1.165, 1.54) is 89.9 Å². The molecule has 0 saturated heterocycles. The van der Waals surface area contributed by atoms with E-state index in [1.54, 1.807) is 7.05 Å². The third-order valence-corrected chi connectivity index (χ3v) is 7.55. The highest BCUT2D eigenvalue weighted by atomic mass is 32.2. The van der Waals surface area contributed by atoms with Crippen molar-refractivity contribution in [2.75, 3.05) is 44.9 Å². The molecular formula is C24H52NO5PS. The van der Waals surface area contributed by atoms with Gasteiger partial charge in [-0.05, 0) is 26.1 Å². The molecular weight excluding hydrogens is 445 g/mol. The van der Waals surface area contributed by atoms with Crippen molar-refractivity contribution in [2.24, 2.45) is 0 Å². The summed E-state index contributed by atoms with van der Waals surface area (Å²) in [5.41, 5.74) is 0. The first-order valence-electron chi connectivity index (χ1n) is 13.0. The molecule has 0 saturated carbocycles. The Hall–Kier alpha value is 0.380. The van der Waals surface area contributed by atoms with Gasteiger partial charge in [-0.15, -0.1) is 0 Å². The molecule has 0 bridgehead atoms. The maximum Gasteiger partial charge on any atom is 0.472 e. The molecule has 32 heavy (non-hydrogen) atoms. The normalized spacial score (nSPS) is 14.5. The Morgan fingerprint density at radius 1 is 0.844 bits per heavy atom. The van der Waals surface area contributed by atoms with Crippen molar-refractivity contribution in [1.29, 1.82) is 0 Å². The molecule has 0 amide bonds. The van der Waals surface area contributed by atoms with Crippen LogP contribution >= 0.6 is 19.6 Å². The molecule has 2 unspecified atom stereocenters. The van der Waals surface area contributed by atoms with Crippen LogP contribution < -0.4 is 5.32 Å². The van der Waals surface area contributed by atoms with Crippen LogP contribution in [0.2, 0.25) is 0 Å². The summed E-state index contributed by atoms with van der Waals surface area (Å²) in [4.78, 5) is 9.69. The van der Waals surface area contributed by atoms with Crippen molar-refractivity contribution >= 4 is 19.6 Å². The van der Waals surface area contributed by atoms with E-state index in [4.69, 9.17) is 13.8 Å². The predicted octanol–water partition coefficient (Wildman–Crippen LogP) is 6.96. The number of phosphoric acid groups is 1. The number of likely N-dealkylation sites (N-methyl/N-ethyl adjacent to an activating group) is 1. The van der Waals surface area contributed by atoms with Crippen LogP contribution in [0.25, 0.3) is 0 Å². The van der Waals surface area contributed by atoms with E-state index >= 15 is 0 Å². The van der Waals surface area contributed by atoms with Crippen LogP contribution in [0.1, 0.15) is 104 Å². The van der Waals surface area contributed by atoms with E-state index in [-0.39, 0.29) is 19.3 Å². The van der Waals surface area contributed by atoms with Crippen LogP contribution in [0.5, 0.6) is 0 Å². The van der Waals surface area contributed by atoms with Gasteiger partial charge in [-0.2, -0.15) is 11.8 Å². The Morgan fingerprint density at radius 3 is 1.88 bits per heavy atom. The minimum atomic E-state index is -4.01. The lowest BCUT2D eigenvalue weighted by Crippen LogP contribution is -2.23. The Labute approximate surface area is 202 Å². The number of hydrogen-bond donors (Lipinski definition) is 2. The lowest BCUT2D eigenvalue weighted by Gasteiger charge is -2.19. The first kappa shape index (κ1) is 32.4. The third kappa shape index (κ3) is 23.5. The number of hydrogen-bond acceptors (Lipinski definition) is 6. The summed E-state index contributed by atoms with van der Waals surface area (Å²) in [6, 6.07) is 0. The SMILES string of the molecule is CCCCCCCCCCCCCCCCSCC(COP(=O)(O)OCCNC)OCC. The molecule has 0 fully saturated rings. The van der Waals surface area contributed by atoms with E-state index in [9.17, 15) is 9.46 Å². The van der Waals surface area contributed by atoms with Crippen molar-refractivity contribution in [3.63, 3.8) is 0 Å². The summed E-state index contributed by atoms with van der Waals surface area (Å²) in [5.74, 6) is 1.86. The van der Waals surface area contributed by atoms with Gasteiger partial charge in [-0.1, -0.05) is 90.4 Å². The third-order valence-electron chi connectivity index (χ3n) is 5.38. The standard InChI is InChI=1S/C24H52NO5PS/c1-4-6-7-8-9-10-11-12-13-14-15-16-17-18-21-32-23-24(28-5-2)22-30-31(26,27)29-20-19-25-3/h24-25H,4-23H2,1-3H3,(H,26,27). The fourth-order valence-electron chi connectivity index (χ4n) is 3.47. The fraction of sp³-hybridized carbons (Fsp3) is 1.00. The zero-order valence-corrected chi connectivity index (χ0v) is 22.9. The number of rotatable bonds is 26. The van der Waals surface area contributed by atoms with Crippen molar-refractivity contribution in [3.05, 3.63) is 0 Å². The topological polar surface area (TPSA) is 77.0 Å². The average Bonchev–Trinajstić information content (AvgIpc) is 2.77. The first-order valence-corrected chi connectivity index (χ1v) is 15.7. The van der Waals surface area contributed by atoms with Crippen LogP contribution in [-0.4, -0.2) is 55.9 Å². The largest absolute Gasteiger partial charge is 0.472 e. The van der Waals surface area contributed by atoms with Gasteiger partial charge < -0.3 is 14.9 Å². The second-order valence-corrected chi connectivity index (χ2v) is 11.1. The van der Waals surface area contributed by atoms with E-state index in [2.05, 4.69) is 12.2 Å². The van der Waals surface area contributed by atoms with Crippen molar-refractivity contribution in [3.8, 4) is 0 Å². The number of nitrogens with one attached hydrogen (secondary N) is 1. The maximum absolute atomic E-state index is 11.8. The Bertz CT molecular complexity index is 431. The van der Waals surface area contributed by atoms with E-state index in [0.717, 1.165) is 11.5 Å². The summed E-state index contributed by atoms with van der Waals surface area (Å²) < 4.78 is 27.5. The fourth-order valence-corrected chi connectivity index (χ4v) is 5.25. The molecule has 6 nitrogen and oxygen atoms in total. The van der Waals surface area contributed by atoms with E-state index < -0.39 is 7.82 Å². The molecule has 0 aliphatic carbocycles. The van der Waals surface area contributed by atoms with Gasteiger partial charge in [0.25, 0.3) is 0 Å². The smallest absolute Gasteiger partial charge is 0.375 e. The number of phosphoric ester groups is 1. The van der Waals surface area contributed by atoms with Crippen LogP contribution in [0.4, 0.5) is 0 Å². The molecule has 0 aromatic rings. The molecule has 0 aliphatic rings. The minimum Gasteiger partial charge on any atom is -0.375 e. The molecule has 0 radical (unpaired) electrons. The molecule has 2 atom stereocenters. The summed E-state index contributed by atoms with van der Waals surface area (Å²) in [5, 5.41) is 2.86. The van der Waals surface area contributed by atoms with Crippen molar-refractivity contribution < 1.29 is 23.2 Å². The summed E-state index contributed by atoms with van der Waals surface area (Å²) in [7, 11) is -2.25. The zero-order valence-electron chi connectivity index (χ0n) is 21.2. The summed E-state index contributed by atoms with van der Waals surface area (Å²) in [6.45, 7) is 5.47. The highest BCUT2D eigenvalue weighted by Crippen LogP contribution is 2.43. The number of ether oxygens (including phenoxy) is 1. The predicted molar refractivity (Wildman–Crippen MR) is 139 cm³/mol. The van der Waals surface area contributed by atoms with E-state index in [0.29, 0.717) is 13.2 Å². The Kier molecular flexibility index (Phi) is 24.8. The highest BCUT2D eigenvalue weighted by Gasteiger charge is 2.23. The van der Waals surface area contributed by atoms with Gasteiger partial charge in [-0.25, -0.2) is 4.57 Å². The van der Waals surface area contributed by atoms with Crippen LogP contribution in [-0.2, 0) is 18.3 Å². The van der Waals surface area contributed by atoms with Crippen molar-refractivity contribution in [2.45, 2.75) is 110 Å². The van der Waals surface area contributed by atoms with Gasteiger partial charge in [0.05, 0.1) is 19.3 Å². The van der Waals surface area contributed by atoms with Crippen LogP contribution in [0, 0.1) is 0 Å². The van der Waals surface area contributed by atoms with Gasteiger partial charge in [0.2, 0.25) is 0 Å². The molecule has 0 heterocycles. The Morgan fingerprint density at radius 2 is 1.38 bits per heavy atom. The molecule has 194 valence electrons. The zero-order chi connectivity index (χ0) is 23.8. The lowest BCUT2D eigenvalue weighted by atomic mass is 10.0. The second-order valence-electron chi connectivity index (χ2n) is 8.45. The number of thioether (sulfide) groups is 1. The van der Waals surface area contributed by atoms with Crippen LogP contribution in [0.15, 0.2) is 0 Å². The summed E-state index contributed by atoms with van der Waals surface area (Å²) in [6.07, 6.45) is 19.0. The molecule has 0 aromatic heterocycles. The molecule has 0 rings (SSSR count). The quantitative estimate of drug-likeness (QED) is 0.0988. The molecule has 0 aromatic carbocycles. The van der Waals surface area contributed by atoms with Crippen molar-refractivity contribution in [1.82, 2.24) is 5.32 Å². The minimum absolute atomic E-state index is 0.0763. The van der Waals surface area contributed by atoms with Gasteiger partial charge in [0.1, 0.15) is 0 Å². The second kappa shape index (κ2) is 24.5. The van der Waals surface area contributed by atoms with Gasteiger partial charge in [0, 0.05) is 18.9 Å². The molecule has 2 N–H and O–H groups in total. The lowest BCUT2D eigenvalue weighted by molar-refractivity contribution is 0.0287. The van der Waals surface area contributed by atoms with Gasteiger partial charge >= 0.3 is 7.82 Å². The van der Waals surface area contributed by atoms with Crippen LogP contribution in [0.3, 0.4) is 0 Å².